The lowest BCUT2D eigenvalue weighted by Crippen LogP contribution is -2.31. The lowest BCUT2D eigenvalue weighted by atomic mass is 10.0. The maximum absolute atomic E-state index is 13.0. The van der Waals surface area contributed by atoms with Crippen molar-refractivity contribution in [2.45, 2.75) is 25.1 Å². The first-order valence-corrected chi connectivity index (χ1v) is 11.3. The van der Waals surface area contributed by atoms with Crippen LogP contribution in [0.15, 0.2) is 76.9 Å². The van der Waals surface area contributed by atoms with Gasteiger partial charge in [-0.25, -0.2) is 0 Å². The Balaban J connectivity index is 1.58. The first kappa shape index (κ1) is 21.1. The largest absolute Gasteiger partial charge is 0.378 e. The van der Waals surface area contributed by atoms with Gasteiger partial charge in [0.25, 0.3) is 0 Å². The zero-order valence-corrected chi connectivity index (χ0v) is 18.8. The molecule has 1 saturated heterocycles. The Hall–Kier alpha value is -3.12. The number of nitrogens with zero attached hydrogens (tertiary/aromatic N) is 4. The number of carbonyl (C=O) groups excluding carboxylic acids is 1. The molecule has 1 aliphatic heterocycles. The molecule has 0 N–H and O–H groups in total. The third-order valence-corrected chi connectivity index (χ3v) is 6.69. The summed E-state index contributed by atoms with van der Waals surface area (Å²) in [7, 11) is 4.02. The van der Waals surface area contributed by atoms with E-state index in [9.17, 15) is 4.79 Å². The molecule has 0 aliphatic carbocycles. The van der Waals surface area contributed by atoms with E-state index in [4.69, 9.17) is 0 Å². The van der Waals surface area contributed by atoms with E-state index in [-0.39, 0.29) is 11.2 Å². The summed E-state index contributed by atoms with van der Waals surface area (Å²) in [6.07, 6.45) is 2.50. The summed E-state index contributed by atoms with van der Waals surface area (Å²) in [4.78, 5) is 16.8. The summed E-state index contributed by atoms with van der Waals surface area (Å²) in [5, 5.41) is 11.6. The molecule has 1 aliphatic rings. The maximum Gasteiger partial charge on any atom is 0.242 e. The fourth-order valence-electron chi connectivity index (χ4n) is 3.59. The Bertz CT molecular complexity index is 1130. The van der Waals surface area contributed by atoms with Crippen LogP contribution in [0.2, 0.25) is 0 Å². The van der Waals surface area contributed by atoms with Crippen LogP contribution in [0.1, 0.15) is 24.5 Å². The van der Waals surface area contributed by atoms with Crippen LogP contribution >= 0.6 is 11.8 Å². The standard InChI is InChI=1S/C25H26N4OS/c1-4-23-24(30)29(17-20-10-7-9-19-8-5-6-11-22(19)20)25(31-23)27-26-16-18-12-14-21(15-13-18)28(2)3/h5-16,23H,4,17H2,1-3H3/b26-16-,27-25+/t23-/m1/s1. The second-order valence-corrected chi connectivity index (χ2v) is 8.86. The molecule has 0 bridgehead atoms. The van der Waals surface area contributed by atoms with E-state index < -0.39 is 0 Å². The molecule has 0 spiro atoms. The van der Waals surface area contributed by atoms with Gasteiger partial charge < -0.3 is 4.90 Å². The van der Waals surface area contributed by atoms with Gasteiger partial charge in [-0.2, -0.15) is 5.10 Å². The fraction of sp³-hybridized carbons (Fsp3) is 0.240. The van der Waals surface area contributed by atoms with E-state index in [1.54, 1.807) is 11.1 Å². The molecule has 158 valence electrons. The minimum absolute atomic E-state index is 0.102. The number of amides is 1. The summed E-state index contributed by atoms with van der Waals surface area (Å²) < 4.78 is 0. The van der Waals surface area contributed by atoms with E-state index in [0.29, 0.717) is 11.7 Å². The number of carbonyl (C=O) groups is 1. The van der Waals surface area contributed by atoms with Gasteiger partial charge in [-0.3, -0.25) is 9.69 Å². The van der Waals surface area contributed by atoms with Gasteiger partial charge in [0.05, 0.1) is 18.0 Å². The van der Waals surface area contributed by atoms with E-state index in [2.05, 4.69) is 39.4 Å². The Kier molecular flexibility index (Phi) is 6.37. The van der Waals surface area contributed by atoms with Crippen LogP contribution in [-0.2, 0) is 11.3 Å². The second-order valence-electron chi connectivity index (χ2n) is 7.69. The molecular weight excluding hydrogens is 404 g/mol. The highest BCUT2D eigenvalue weighted by Gasteiger charge is 2.37. The van der Waals surface area contributed by atoms with E-state index in [0.717, 1.165) is 28.6 Å². The Labute approximate surface area is 187 Å². The van der Waals surface area contributed by atoms with Crippen molar-refractivity contribution in [2.24, 2.45) is 10.2 Å². The van der Waals surface area contributed by atoms with Gasteiger partial charge in [-0.1, -0.05) is 73.3 Å². The predicted molar refractivity (Wildman–Crippen MR) is 132 cm³/mol. The Morgan fingerprint density at radius 3 is 2.52 bits per heavy atom. The predicted octanol–water partition coefficient (Wildman–Crippen LogP) is 5.15. The smallest absolute Gasteiger partial charge is 0.242 e. The highest BCUT2D eigenvalue weighted by molar-refractivity contribution is 8.15. The van der Waals surface area contributed by atoms with Crippen LogP contribution in [0.5, 0.6) is 0 Å². The molecule has 1 amide bonds. The third kappa shape index (κ3) is 4.64. The van der Waals surface area contributed by atoms with Gasteiger partial charge in [0, 0.05) is 19.8 Å². The van der Waals surface area contributed by atoms with Crippen molar-refractivity contribution in [2.75, 3.05) is 19.0 Å². The van der Waals surface area contributed by atoms with Gasteiger partial charge in [-0.15, -0.1) is 5.10 Å². The topological polar surface area (TPSA) is 48.3 Å². The molecule has 1 fully saturated rings. The highest BCUT2D eigenvalue weighted by atomic mass is 32.2. The van der Waals surface area contributed by atoms with Gasteiger partial charge in [-0.05, 0) is 40.5 Å². The molecule has 1 atom stereocenters. The van der Waals surface area contributed by atoms with Gasteiger partial charge in [0.2, 0.25) is 5.91 Å². The molecule has 31 heavy (non-hydrogen) atoms. The summed E-state index contributed by atoms with van der Waals surface area (Å²) >= 11 is 1.50. The van der Waals surface area contributed by atoms with Crippen molar-refractivity contribution >= 4 is 45.5 Å². The van der Waals surface area contributed by atoms with Gasteiger partial charge in [0.15, 0.2) is 5.17 Å². The summed E-state index contributed by atoms with van der Waals surface area (Å²) in [6.45, 7) is 2.53. The number of hydrogen-bond donors (Lipinski definition) is 0. The molecule has 0 unspecified atom stereocenters. The zero-order chi connectivity index (χ0) is 21.8. The van der Waals surface area contributed by atoms with Crippen molar-refractivity contribution in [3.63, 3.8) is 0 Å². The molecule has 4 rings (SSSR count). The molecule has 3 aromatic carbocycles. The van der Waals surface area contributed by atoms with Gasteiger partial charge in [0.1, 0.15) is 0 Å². The summed E-state index contributed by atoms with van der Waals surface area (Å²) in [5.41, 5.74) is 3.21. The average molecular weight is 431 g/mol. The Morgan fingerprint density at radius 2 is 1.77 bits per heavy atom. The van der Waals surface area contributed by atoms with Crippen LogP contribution in [0.25, 0.3) is 10.8 Å². The van der Waals surface area contributed by atoms with Crippen LogP contribution in [0.3, 0.4) is 0 Å². The highest BCUT2D eigenvalue weighted by Crippen LogP contribution is 2.32. The quantitative estimate of drug-likeness (QED) is 0.401. The summed E-state index contributed by atoms with van der Waals surface area (Å²) in [5.74, 6) is 0.102. The van der Waals surface area contributed by atoms with Crippen molar-refractivity contribution < 1.29 is 4.79 Å². The van der Waals surface area contributed by atoms with Crippen LogP contribution in [0, 0.1) is 0 Å². The number of fused-ring (bicyclic) bond motifs is 1. The van der Waals surface area contributed by atoms with Gasteiger partial charge >= 0.3 is 0 Å². The second kappa shape index (κ2) is 9.35. The lowest BCUT2D eigenvalue weighted by molar-refractivity contribution is -0.126. The minimum atomic E-state index is -0.108. The summed E-state index contributed by atoms with van der Waals surface area (Å²) in [6, 6.07) is 22.6. The number of hydrogen-bond acceptors (Lipinski definition) is 5. The number of benzene rings is 3. The van der Waals surface area contributed by atoms with E-state index in [1.807, 2.05) is 63.5 Å². The number of anilines is 1. The lowest BCUT2D eigenvalue weighted by Gasteiger charge is -2.17. The molecule has 0 radical (unpaired) electrons. The fourth-order valence-corrected chi connectivity index (χ4v) is 4.62. The maximum atomic E-state index is 13.0. The number of amidine groups is 1. The number of thioether (sulfide) groups is 1. The molecule has 5 nitrogen and oxygen atoms in total. The average Bonchev–Trinajstić information content (AvgIpc) is 3.09. The first-order valence-electron chi connectivity index (χ1n) is 10.4. The van der Waals surface area contributed by atoms with Crippen molar-refractivity contribution in [1.29, 1.82) is 0 Å². The zero-order valence-electron chi connectivity index (χ0n) is 18.0. The SMILES string of the molecule is CC[C@H]1S/C(=N/N=C\c2ccc(N(C)C)cc2)N(Cc2cccc3ccccc23)C1=O. The van der Waals surface area contributed by atoms with Crippen molar-refractivity contribution in [1.82, 2.24) is 4.90 Å². The van der Waals surface area contributed by atoms with E-state index >= 15 is 0 Å². The van der Waals surface area contributed by atoms with Crippen molar-refractivity contribution in [3.05, 3.63) is 77.9 Å². The third-order valence-electron chi connectivity index (χ3n) is 5.36. The minimum Gasteiger partial charge on any atom is -0.378 e. The molecule has 6 heteroatoms. The Morgan fingerprint density at radius 1 is 1.03 bits per heavy atom. The molecular formula is C25H26N4OS. The van der Waals surface area contributed by atoms with Crippen LogP contribution < -0.4 is 4.90 Å². The number of rotatable bonds is 6. The molecule has 0 aromatic heterocycles. The first-order chi connectivity index (χ1) is 15.1. The van der Waals surface area contributed by atoms with E-state index in [1.165, 1.54) is 17.1 Å². The van der Waals surface area contributed by atoms with Crippen LogP contribution in [-0.4, -0.2) is 41.5 Å². The van der Waals surface area contributed by atoms with Crippen LogP contribution in [0.4, 0.5) is 5.69 Å². The molecule has 1 heterocycles. The normalized spacial score (nSPS) is 17.9. The molecule has 3 aromatic rings. The monoisotopic (exact) mass is 430 g/mol. The van der Waals surface area contributed by atoms with Crippen molar-refractivity contribution in [3.8, 4) is 0 Å². The molecule has 0 saturated carbocycles.